The maximum Gasteiger partial charge on any atom is 0.258 e. The fourth-order valence-corrected chi connectivity index (χ4v) is 2.91. The minimum absolute atomic E-state index is 0.509. The molecule has 0 saturated heterocycles. The first-order valence-electron chi connectivity index (χ1n) is 7.31. The highest BCUT2D eigenvalue weighted by atomic mass is 32.2. The predicted octanol–water partition coefficient (Wildman–Crippen LogP) is 5.40. The Bertz CT molecular complexity index is 776. The van der Waals surface area contributed by atoms with Crippen LogP contribution in [0.3, 0.4) is 0 Å². The summed E-state index contributed by atoms with van der Waals surface area (Å²) in [4.78, 5) is 4.64. The number of oxazole rings is 1. The van der Waals surface area contributed by atoms with Crippen LogP contribution in [0.25, 0.3) is 22.6 Å². The molecule has 114 valence electrons. The highest BCUT2D eigenvalue weighted by molar-refractivity contribution is 8.00. The number of hydrogen-bond acceptors (Lipinski definition) is 4. The Morgan fingerprint density at radius 3 is 2.09 bits per heavy atom. The van der Waals surface area contributed by atoms with Crippen LogP contribution in [0.5, 0.6) is 0 Å². The lowest BCUT2D eigenvalue weighted by atomic mass is 10.1. The van der Waals surface area contributed by atoms with Gasteiger partial charge in [-0.1, -0.05) is 60.7 Å². The molecule has 3 aromatic rings. The van der Waals surface area contributed by atoms with Gasteiger partial charge in [-0.25, -0.2) is 4.98 Å². The number of benzene rings is 2. The van der Waals surface area contributed by atoms with Crippen molar-refractivity contribution in [2.24, 2.45) is 0 Å². The Balaban J connectivity index is 2.10. The molecule has 3 rings (SSSR count). The summed E-state index contributed by atoms with van der Waals surface area (Å²) in [5.74, 6) is 0.730. The Labute approximate surface area is 140 Å². The molecule has 0 aliphatic carbocycles. The molecular weight excluding hydrogens is 304 g/mol. The fraction of sp³-hybridized carbons (Fsp3) is 0.158. The van der Waals surface area contributed by atoms with Crippen molar-refractivity contribution in [1.82, 2.24) is 4.98 Å². The van der Waals surface area contributed by atoms with E-state index in [0.717, 1.165) is 22.6 Å². The van der Waals surface area contributed by atoms with Crippen LogP contribution in [0.1, 0.15) is 13.8 Å². The van der Waals surface area contributed by atoms with Crippen LogP contribution >= 0.6 is 11.8 Å². The van der Waals surface area contributed by atoms with Gasteiger partial charge in [0.15, 0.2) is 5.76 Å². The maximum absolute atomic E-state index is 9.23. The molecule has 0 fully saturated rings. The van der Waals surface area contributed by atoms with Crippen LogP contribution in [0.2, 0.25) is 0 Å². The first-order valence-corrected chi connectivity index (χ1v) is 8.13. The summed E-state index contributed by atoms with van der Waals surface area (Å²) in [6.07, 6.45) is 0. The minimum atomic E-state index is -0.591. The smallest absolute Gasteiger partial charge is 0.258 e. The van der Waals surface area contributed by atoms with Crippen molar-refractivity contribution in [1.29, 1.82) is 5.26 Å². The van der Waals surface area contributed by atoms with Crippen molar-refractivity contribution >= 4 is 11.8 Å². The molecule has 23 heavy (non-hydrogen) atoms. The molecule has 0 radical (unpaired) electrons. The van der Waals surface area contributed by atoms with Crippen LogP contribution in [0, 0.1) is 11.3 Å². The quantitative estimate of drug-likeness (QED) is 0.604. The van der Waals surface area contributed by atoms with Gasteiger partial charge in [-0.2, -0.15) is 5.26 Å². The summed E-state index contributed by atoms with van der Waals surface area (Å²) < 4.78 is 5.40. The standard InChI is InChI=1S/C19H16N2OS/c1-19(2,13-20)23-18-21-16(14-9-5-3-6-10-14)17(22-18)15-11-7-4-8-12-15/h3-12H,1-2H3. The summed E-state index contributed by atoms with van der Waals surface area (Å²) in [6.45, 7) is 3.71. The van der Waals surface area contributed by atoms with Crippen molar-refractivity contribution < 1.29 is 4.42 Å². The van der Waals surface area contributed by atoms with E-state index in [1.54, 1.807) is 0 Å². The Hall–Kier alpha value is -2.51. The molecule has 0 spiro atoms. The van der Waals surface area contributed by atoms with E-state index in [9.17, 15) is 5.26 Å². The monoisotopic (exact) mass is 320 g/mol. The molecule has 3 nitrogen and oxygen atoms in total. The molecule has 2 aromatic carbocycles. The summed E-state index contributed by atoms with van der Waals surface area (Å²) in [5.41, 5.74) is 2.77. The highest BCUT2D eigenvalue weighted by Gasteiger charge is 2.24. The topological polar surface area (TPSA) is 49.8 Å². The zero-order chi connectivity index (χ0) is 16.3. The molecule has 0 unspecified atom stereocenters. The molecule has 0 amide bonds. The zero-order valence-electron chi connectivity index (χ0n) is 13.0. The predicted molar refractivity (Wildman–Crippen MR) is 92.9 cm³/mol. The van der Waals surface area contributed by atoms with Gasteiger partial charge >= 0.3 is 0 Å². The summed E-state index contributed by atoms with van der Waals surface area (Å²) in [6, 6.07) is 22.1. The third-order valence-electron chi connectivity index (χ3n) is 3.30. The largest absolute Gasteiger partial charge is 0.431 e. The fourth-order valence-electron chi connectivity index (χ4n) is 2.16. The van der Waals surface area contributed by atoms with Gasteiger partial charge in [-0.15, -0.1) is 0 Å². The van der Waals surface area contributed by atoms with Crippen LogP contribution in [0.4, 0.5) is 0 Å². The van der Waals surface area contributed by atoms with Crippen molar-refractivity contribution in [3.05, 3.63) is 60.7 Å². The van der Waals surface area contributed by atoms with Crippen molar-refractivity contribution in [3.63, 3.8) is 0 Å². The molecule has 1 heterocycles. The SMILES string of the molecule is CC(C)(C#N)Sc1nc(-c2ccccc2)c(-c2ccccc2)o1. The van der Waals surface area contributed by atoms with E-state index in [1.807, 2.05) is 74.5 Å². The number of aromatic nitrogens is 1. The van der Waals surface area contributed by atoms with Gasteiger partial charge in [0.25, 0.3) is 5.22 Å². The lowest BCUT2D eigenvalue weighted by Gasteiger charge is -2.10. The number of rotatable bonds is 4. The molecule has 0 N–H and O–H groups in total. The minimum Gasteiger partial charge on any atom is -0.431 e. The molecule has 0 saturated carbocycles. The second-order valence-electron chi connectivity index (χ2n) is 5.61. The second-order valence-corrected chi connectivity index (χ2v) is 7.19. The summed E-state index contributed by atoms with van der Waals surface area (Å²) in [7, 11) is 0. The van der Waals surface area contributed by atoms with Gasteiger partial charge in [-0.3, -0.25) is 0 Å². The number of hydrogen-bond donors (Lipinski definition) is 0. The number of nitriles is 1. The maximum atomic E-state index is 9.23. The highest BCUT2D eigenvalue weighted by Crippen LogP contribution is 2.39. The van der Waals surface area contributed by atoms with E-state index < -0.39 is 4.75 Å². The first kappa shape index (κ1) is 15.4. The molecule has 0 aliphatic rings. The molecule has 0 atom stereocenters. The molecule has 4 heteroatoms. The van der Waals surface area contributed by atoms with E-state index in [4.69, 9.17) is 4.42 Å². The Kier molecular flexibility index (Phi) is 4.22. The van der Waals surface area contributed by atoms with Crippen LogP contribution in [-0.2, 0) is 0 Å². The Morgan fingerprint density at radius 1 is 0.957 bits per heavy atom. The van der Waals surface area contributed by atoms with Crippen LogP contribution in [0.15, 0.2) is 70.3 Å². The normalized spacial score (nSPS) is 11.2. The average molecular weight is 320 g/mol. The third-order valence-corrected chi connectivity index (χ3v) is 4.25. The average Bonchev–Trinajstić information content (AvgIpc) is 2.99. The van der Waals surface area contributed by atoms with Crippen LogP contribution in [-0.4, -0.2) is 9.73 Å². The lowest BCUT2D eigenvalue weighted by molar-refractivity contribution is 0.464. The van der Waals surface area contributed by atoms with Gasteiger partial charge in [0.05, 0.1) is 6.07 Å². The van der Waals surface area contributed by atoms with Gasteiger partial charge in [0, 0.05) is 11.1 Å². The third kappa shape index (κ3) is 3.46. The van der Waals surface area contributed by atoms with Crippen molar-refractivity contribution in [2.45, 2.75) is 23.8 Å². The van der Waals surface area contributed by atoms with E-state index in [-0.39, 0.29) is 0 Å². The summed E-state index contributed by atoms with van der Waals surface area (Å²) in [5, 5.41) is 9.73. The number of thioether (sulfide) groups is 1. The zero-order valence-corrected chi connectivity index (χ0v) is 13.8. The van der Waals surface area contributed by atoms with Crippen molar-refractivity contribution in [3.8, 4) is 28.7 Å². The van der Waals surface area contributed by atoms with E-state index in [0.29, 0.717) is 5.22 Å². The van der Waals surface area contributed by atoms with Gasteiger partial charge in [0.2, 0.25) is 0 Å². The molecular formula is C19H16N2OS. The van der Waals surface area contributed by atoms with Gasteiger partial charge in [0.1, 0.15) is 10.4 Å². The number of nitrogens with zero attached hydrogens (tertiary/aromatic N) is 2. The first-order chi connectivity index (χ1) is 11.1. The molecule has 0 aliphatic heterocycles. The van der Waals surface area contributed by atoms with Crippen molar-refractivity contribution in [2.75, 3.05) is 0 Å². The summed E-state index contributed by atoms with van der Waals surface area (Å²) >= 11 is 1.33. The van der Waals surface area contributed by atoms with E-state index in [1.165, 1.54) is 11.8 Å². The molecule has 0 bridgehead atoms. The Morgan fingerprint density at radius 2 is 1.52 bits per heavy atom. The van der Waals surface area contributed by atoms with Gasteiger partial charge < -0.3 is 4.42 Å². The molecule has 1 aromatic heterocycles. The lowest BCUT2D eigenvalue weighted by Crippen LogP contribution is -2.09. The second kappa shape index (κ2) is 6.31. The van der Waals surface area contributed by atoms with Crippen LogP contribution < -0.4 is 0 Å². The van der Waals surface area contributed by atoms with E-state index >= 15 is 0 Å². The van der Waals surface area contributed by atoms with Gasteiger partial charge in [-0.05, 0) is 25.6 Å². The van der Waals surface area contributed by atoms with E-state index in [2.05, 4.69) is 11.1 Å².